The SMILES string of the molecule is C[S@@+]([O-])c1cc(NC(=O)c2cc(Cl)c(C(F)(F)F)cc2N2CCCC(F)(F)CC2)ccc1F. The minimum absolute atomic E-state index is 0.0155. The molecule has 0 unspecified atom stereocenters. The Labute approximate surface area is 194 Å². The Balaban J connectivity index is 2.02. The van der Waals surface area contributed by atoms with Crippen LogP contribution in [0, 0.1) is 5.82 Å². The number of benzene rings is 2. The zero-order valence-electron chi connectivity index (χ0n) is 17.2. The van der Waals surface area contributed by atoms with Gasteiger partial charge in [-0.1, -0.05) is 11.6 Å². The van der Waals surface area contributed by atoms with Crippen molar-refractivity contribution >= 4 is 40.1 Å². The fraction of sp³-hybridized carbons (Fsp3) is 0.381. The Kier molecular flexibility index (Phi) is 7.45. The third-order valence-corrected chi connectivity index (χ3v) is 6.44. The van der Waals surface area contributed by atoms with Gasteiger partial charge in [0.25, 0.3) is 5.91 Å². The Hall–Kier alpha value is -2.11. The molecule has 1 fully saturated rings. The molecule has 180 valence electrons. The maximum atomic E-state index is 13.8. The molecule has 1 N–H and O–H groups in total. The zero-order valence-corrected chi connectivity index (χ0v) is 18.8. The molecule has 0 saturated carbocycles. The second-order valence-corrected chi connectivity index (χ2v) is 9.35. The van der Waals surface area contributed by atoms with Gasteiger partial charge in [0.2, 0.25) is 5.92 Å². The summed E-state index contributed by atoms with van der Waals surface area (Å²) in [5.41, 5.74) is -1.60. The van der Waals surface area contributed by atoms with E-state index in [1.165, 1.54) is 17.2 Å². The van der Waals surface area contributed by atoms with E-state index >= 15 is 0 Å². The third-order valence-electron chi connectivity index (χ3n) is 5.19. The van der Waals surface area contributed by atoms with E-state index in [0.29, 0.717) is 6.07 Å². The highest BCUT2D eigenvalue weighted by atomic mass is 35.5. The smallest absolute Gasteiger partial charge is 0.417 e. The predicted octanol–water partition coefficient (Wildman–Crippen LogP) is 6.11. The lowest BCUT2D eigenvalue weighted by molar-refractivity contribution is -0.137. The summed E-state index contributed by atoms with van der Waals surface area (Å²) in [6.07, 6.45) is -4.57. The van der Waals surface area contributed by atoms with Crippen molar-refractivity contribution in [1.29, 1.82) is 0 Å². The molecule has 1 aliphatic heterocycles. The molecular formula is C21H19ClF6N2O2S. The van der Waals surface area contributed by atoms with Crippen molar-refractivity contribution in [2.75, 3.05) is 29.6 Å². The molecule has 12 heteroatoms. The highest BCUT2D eigenvalue weighted by molar-refractivity contribution is 7.90. The van der Waals surface area contributed by atoms with Gasteiger partial charge in [-0.15, -0.1) is 0 Å². The van der Waals surface area contributed by atoms with Gasteiger partial charge in [-0.2, -0.15) is 13.2 Å². The van der Waals surface area contributed by atoms with Gasteiger partial charge in [0, 0.05) is 37.7 Å². The minimum Gasteiger partial charge on any atom is -0.612 e. The van der Waals surface area contributed by atoms with Crippen LogP contribution in [0.15, 0.2) is 35.2 Å². The lowest BCUT2D eigenvalue weighted by Gasteiger charge is -2.27. The Morgan fingerprint density at radius 1 is 1.18 bits per heavy atom. The van der Waals surface area contributed by atoms with Crippen molar-refractivity contribution in [3.8, 4) is 0 Å². The predicted molar refractivity (Wildman–Crippen MR) is 114 cm³/mol. The molecule has 2 aromatic rings. The summed E-state index contributed by atoms with van der Waals surface area (Å²) in [5, 5.41) is 1.69. The average Bonchev–Trinajstić information content (AvgIpc) is 2.88. The molecule has 1 heterocycles. The van der Waals surface area contributed by atoms with E-state index in [2.05, 4.69) is 5.32 Å². The number of nitrogens with one attached hydrogen (secondary N) is 1. The minimum atomic E-state index is -4.83. The van der Waals surface area contributed by atoms with Crippen LogP contribution >= 0.6 is 11.6 Å². The van der Waals surface area contributed by atoms with Gasteiger partial charge in [0.05, 0.1) is 21.8 Å². The van der Waals surface area contributed by atoms with Crippen LogP contribution in [0.5, 0.6) is 0 Å². The van der Waals surface area contributed by atoms with Gasteiger partial charge in [-0.05, 0) is 41.9 Å². The monoisotopic (exact) mass is 512 g/mol. The number of hydrogen-bond donors (Lipinski definition) is 1. The van der Waals surface area contributed by atoms with Crippen LogP contribution in [0.2, 0.25) is 5.02 Å². The quantitative estimate of drug-likeness (QED) is 0.397. The molecule has 4 nitrogen and oxygen atoms in total. The van der Waals surface area contributed by atoms with Crippen LogP contribution in [-0.2, 0) is 17.4 Å². The number of amides is 1. The van der Waals surface area contributed by atoms with Crippen molar-refractivity contribution in [1.82, 2.24) is 0 Å². The van der Waals surface area contributed by atoms with Crippen molar-refractivity contribution in [2.45, 2.75) is 36.3 Å². The second kappa shape index (κ2) is 9.63. The molecule has 0 aliphatic carbocycles. The zero-order chi connectivity index (χ0) is 24.6. The van der Waals surface area contributed by atoms with E-state index in [9.17, 15) is 35.7 Å². The van der Waals surface area contributed by atoms with E-state index in [1.807, 2.05) is 0 Å². The van der Waals surface area contributed by atoms with Crippen LogP contribution in [0.4, 0.5) is 37.7 Å². The van der Waals surface area contributed by atoms with E-state index < -0.39 is 58.4 Å². The Bertz CT molecular complexity index is 1050. The van der Waals surface area contributed by atoms with Crippen LogP contribution in [0.3, 0.4) is 0 Å². The summed E-state index contributed by atoms with van der Waals surface area (Å²) < 4.78 is 93.4. The van der Waals surface area contributed by atoms with Gasteiger partial charge < -0.3 is 14.8 Å². The van der Waals surface area contributed by atoms with E-state index in [0.717, 1.165) is 18.2 Å². The first-order valence-electron chi connectivity index (χ1n) is 9.76. The number of alkyl halides is 5. The molecule has 0 aromatic heterocycles. The second-order valence-electron chi connectivity index (χ2n) is 7.60. The van der Waals surface area contributed by atoms with Crippen molar-refractivity contribution in [2.24, 2.45) is 0 Å². The first-order valence-corrected chi connectivity index (χ1v) is 11.7. The molecule has 1 saturated heterocycles. The molecule has 0 bridgehead atoms. The molecule has 1 aliphatic rings. The summed E-state index contributed by atoms with van der Waals surface area (Å²) in [7, 11) is 0. The lowest BCUT2D eigenvalue weighted by atomic mass is 10.1. The van der Waals surface area contributed by atoms with Crippen molar-refractivity contribution in [3.05, 3.63) is 52.3 Å². The number of rotatable bonds is 4. The van der Waals surface area contributed by atoms with E-state index in [-0.39, 0.29) is 41.3 Å². The molecular weight excluding hydrogens is 494 g/mol. The largest absolute Gasteiger partial charge is 0.612 e. The summed E-state index contributed by atoms with van der Waals surface area (Å²) in [6.45, 7) is -0.244. The number of anilines is 2. The molecule has 1 atom stereocenters. The number of carbonyl (C=O) groups is 1. The maximum Gasteiger partial charge on any atom is 0.417 e. The van der Waals surface area contributed by atoms with Gasteiger partial charge in [0.15, 0.2) is 10.7 Å². The van der Waals surface area contributed by atoms with Crippen molar-refractivity contribution < 1.29 is 35.7 Å². The molecule has 1 amide bonds. The molecule has 2 aromatic carbocycles. The number of carbonyl (C=O) groups excluding carboxylic acids is 1. The number of halogens is 7. The van der Waals surface area contributed by atoms with Gasteiger partial charge in [-0.25, -0.2) is 13.2 Å². The highest BCUT2D eigenvalue weighted by Gasteiger charge is 2.37. The van der Waals surface area contributed by atoms with Gasteiger partial charge in [0.1, 0.15) is 6.26 Å². The van der Waals surface area contributed by atoms with Crippen LogP contribution < -0.4 is 10.2 Å². The van der Waals surface area contributed by atoms with Gasteiger partial charge in [-0.3, -0.25) is 4.79 Å². The number of nitrogens with zero attached hydrogens (tertiary/aromatic N) is 1. The first-order chi connectivity index (χ1) is 15.3. The summed E-state index contributed by atoms with van der Waals surface area (Å²) in [4.78, 5) is 14.1. The van der Waals surface area contributed by atoms with Crippen LogP contribution in [0.25, 0.3) is 0 Å². The Morgan fingerprint density at radius 3 is 2.52 bits per heavy atom. The maximum absolute atomic E-state index is 13.8. The van der Waals surface area contributed by atoms with E-state index in [1.54, 1.807) is 0 Å². The summed E-state index contributed by atoms with van der Waals surface area (Å²) in [6, 6.07) is 4.84. The van der Waals surface area contributed by atoms with Crippen molar-refractivity contribution in [3.63, 3.8) is 0 Å². The highest BCUT2D eigenvalue weighted by Crippen LogP contribution is 2.40. The fourth-order valence-electron chi connectivity index (χ4n) is 3.53. The average molecular weight is 513 g/mol. The molecule has 0 radical (unpaired) electrons. The first kappa shape index (κ1) is 25.5. The Morgan fingerprint density at radius 2 is 1.88 bits per heavy atom. The third kappa shape index (κ3) is 6.07. The summed E-state index contributed by atoms with van der Waals surface area (Å²) in [5.74, 6) is -4.59. The van der Waals surface area contributed by atoms with Gasteiger partial charge >= 0.3 is 6.18 Å². The normalized spacial score (nSPS) is 17.4. The topological polar surface area (TPSA) is 55.4 Å². The molecule has 3 rings (SSSR count). The molecule has 0 spiro atoms. The fourth-order valence-corrected chi connectivity index (χ4v) is 4.43. The van der Waals surface area contributed by atoms with Crippen LogP contribution in [0.1, 0.15) is 35.2 Å². The van der Waals surface area contributed by atoms with E-state index in [4.69, 9.17) is 11.6 Å². The summed E-state index contributed by atoms with van der Waals surface area (Å²) >= 11 is 4.11. The van der Waals surface area contributed by atoms with Crippen LogP contribution in [-0.4, -0.2) is 35.7 Å². The number of hydrogen-bond acceptors (Lipinski definition) is 3. The lowest BCUT2D eigenvalue weighted by Crippen LogP contribution is -2.29. The molecule has 33 heavy (non-hydrogen) atoms. The standard InChI is InChI=1S/C21H19ClF6N2O2S/c1-33(32)18-9-12(3-4-16(18)23)29-19(31)13-10-15(22)14(21(26,27)28)11-17(13)30-7-2-5-20(24,25)6-8-30/h3-4,9-11H,2,5-8H2,1H3,(H,29,31)/t33-/m1/s1.